The molecule has 0 bridgehead atoms. The summed E-state index contributed by atoms with van der Waals surface area (Å²) in [6.07, 6.45) is 5.92. The molecule has 202 valence electrons. The summed E-state index contributed by atoms with van der Waals surface area (Å²) in [6.45, 7) is 4.24. The van der Waals surface area contributed by atoms with E-state index in [1.807, 2.05) is 35.2 Å². The van der Waals surface area contributed by atoms with Gasteiger partial charge in [0.1, 0.15) is 12.4 Å². The first kappa shape index (κ1) is 24.7. The third-order valence-corrected chi connectivity index (χ3v) is 10.9. The van der Waals surface area contributed by atoms with Crippen molar-refractivity contribution in [2.24, 2.45) is 28.6 Å². The maximum Gasteiger partial charge on any atom is 0.242 e. The van der Waals surface area contributed by atoms with Crippen molar-refractivity contribution in [2.45, 2.75) is 45.3 Å². The van der Waals surface area contributed by atoms with Crippen LogP contribution in [0.3, 0.4) is 0 Å². The van der Waals surface area contributed by atoms with Crippen molar-refractivity contribution in [3.8, 4) is 11.8 Å². The topological polar surface area (TPSA) is 85.7 Å². The van der Waals surface area contributed by atoms with Gasteiger partial charge in [0.15, 0.2) is 0 Å². The van der Waals surface area contributed by atoms with Gasteiger partial charge in [-0.05, 0) is 78.0 Å². The van der Waals surface area contributed by atoms with E-state index in [1.165, 1.54) is 25.7 Å². The SMILES string of the molecule is N#Cc1ccc(COc2ccccc2CN2CCN(C(=O)CNC(=O)CC34CC5CC6CC(C3)C654)CC2)cc1. The minimum Gasteiger partial charge on any atom is -0.489 e. The maximum absolute atomic E-state index is 12.8. The number of carbonyl (C=O) groups excluding carboxylic acids is 2. The molecule has 2 atom stereocenters. The van der Waals surface area contributed by atoms with Crippen molar-refractivity contribution < 1.29 is 14.3 Å². The van der Waals surface area contributed by atoms with Crippen LogP contribution in [-0.2, 0) is 22.7 Å². The minimum atomic E-state index is 0.0213. The molecule has 7 rings (SSSR count). The predicted molar refractivity (Wildman–Crippen MR) is 145 cm³/mol. The first-order chi connectivity index (χ1) is 19.0. The van der Waals surface area contributed by atoms with Crippen molar-refractivity contribution in [2.75, 3.05) is 32.7 Å². The van der Waals surface area contributed by atoms with Gasteiger partial charge in [0.25, 0.3) is 0 Å². The van der Waals surface area contributed by atoms with E-state index in [9.17, 15) is 9.59 Å². The molecule has 5 fully saturated rings. The smallest absolute Gasteiger partial charge is 0.242 e. The fourth-order valence-corrected chi connectivity index (χ4v) is 9.13. The van der Waals surface area contributed by atoms with Gasteiger partial charge in [-0.1, -0.05) is 30.3 Å². The molecule has 2 aromatic carbocycles. The van der Waals surface area contributed by atoms with Gasteiger partial charge in [0.05, 0.1) is 18.2 Å². The molecule has 2 aromatic rings. The van der Waals surface area contributed by atoms with Crippen LogP contribution < -0.4 is 10.1 Å². The van der Waals surface area contributed by atoms with Crippen LogP contribution in [-0.4, -0.2) is 54.3 Å². The molecule has 1 spiro atoms. The lowest BCUT2D eigenvalue weighted by molar-refractivity contribution is -0.430. The number of nitriles is 1. The van der Waals surface area contributed by atoms with Gasteiger partial charge >= 0.3 is 0 Å². The molecular weight excluding hydrogens is 488 g/mol. The molecular formula is C32H36N4O3. The van der Waals surface area contributed by atoms with E-state index in [0.717, 1.165) is 54.3 Å². The second-order valence-electron chi connectivity index (χ2n) is 12.5. The number of benzene rings is 2. The Bertz CT molecular complexity index is 1300. The van der Waals surface area contributed by atoms with E-state index in [0.29, 0.717) is 37.1 Å². The van der Waals surface area contributed by atoms with Crippen LogP contribution in [0.2, 0.25) is 0 Å². The quantitative estimate of drug-likeness (QED) is 0.540. The van der Waals surface area contributed by atoms with Crippen LogP contribution in [0.25, 0.3) is 0 Å². The van der Waals surface area contributed by atoms with Crippen LogP contribution in [0.1, 0.15) is 48.8 Å². The number of ether oxygens (including phenoxy) is 1. The third-order valence-electron chi connectivity index (χ3n) is 10.9. The number of hydrogen-bond acceptors (Lipinski definition) is 5. The first-order valence-corrected chi connectivity index (χ1v) is 14.5. The molecule has 1 aliphatic heterocycles. The Hall–Kier alpha value is -3.37. The van der Waals surface area contributed by atoms with Gasteiger partial charge in [-0.25, -0.2) is 0 Å². The van der Waals surface area contributed by atoms with Crippen LogP contribution >= 0.6 is 0 Å². The second-order valence-corrected chi connectivity index (χ2v) is 12.5. The number of piperazine rings is 1. The lowest BCUT2D eigenvalue weighted by Gasteiger charge is -2.91. The fraction of sp³-hybridized carbons (Fsp3) is 0.531. The Labute approximate surface area is 230 Å². The number of hydrogen-bond donors (Lipinski definition) is 1. The van der Waals surface area contributed by atoms with E-state index in [1.54, 1.807) is 12.1 Å². The molecule has 1 heterocycles. The van der Waals surface area contributed by atoms with Gasteiger partial charge in [0.2, 0.25) is 11.8 Å². The summed E-state index contributed by atoms with van der Waals surface area (Å²) in [7, 11) is 0. The zero-order valence-electron chi connectivity index (χ0n) is 22.4. The highest BCUT2D eigenvalue weighted by molar-refractivity contribution is 5.85. The molecule has 2 unspecified atom stereocenters. The van der Waals surface area contributed by atoms with Crippen molar-refractivity contribution in [3.63, 3.8) is 0 Å². The van der Waals surface area contributed by atoms with Crippen LogP contribution in [0, 0.1) is 39.9 Å². The average Bonchev–Trinajstić information content (AvgIpc) is 2.92. The maximum atomic E-state index is 12.8. The molecule has 39 heavy (non-hydrogen) atoms. The molecule has 0 aromatic heterocycles. The molecule has 1 saturated heterocycles. The number of para-hydroxylation sites is 1. The highest BCUT2D eigenvalue weighted by atomic mass is 16.5. The first-order valence-electron chi connectivity index (χ1n) is 14.5. The summed E-state index contributed by atoms with van der Waals surface area (Å²) in [6, 6.07) is 17.7. The molecule has 0 radical (unpaired) electrons. The van der Waals surface area contributed by atoms with Crippen LogP contribution in [0.15, 0.2) is 48.5 Å². The lowest BCUT2D eigenvalue weighted by Crippen LogP contribution is -2.85. The molecule has 2 amide bonds. The summed E-state index contributed by atoms with van der Waals surface area (Å²) in [5, 5.41) is 11.9. The van der Waals surface area contributed by atoms with E-state index in [2.05, 4.69) is 22.4 Å². The Balaban J connectivity index is 0.855. The van der Waals surface area contributed by atoms with Gasteiger partial charge < -0.3 is 15.0 Å². The number of amides is 2. The number of rotatable bonds is 9. The van der Waals surface area contributed by atoms with Gasteiger partial charge in [-0.15, -0.1) is 0 Å². The molecule has 7 heteroatoms. The standard InChI is InChI=1S/C32H36N4O3/c33-18-22-5-7-23(8-6-22)21-39-28-4-2-1-3-24(28)20-35-9-11-36(12-10-35)30(38)19-34-29(37)17-31-15-26-13-25-14-27(16-31)32(25,26)31/h1-8,25-27H,9-17,19-21H2,(H,34,37). The summed E-state index contributed by atoms with van der Waals surface area (Å²) in [5.74, 6) is 3.66. The minimum absolute atomic E-state index is 0.0213. The number of nitrogens with one attached hydrogen (secondary N) is 1. The van der Waals surface area contributed by atoms with Crippen LogP contribution in [0.4, 0.5) is 0 Å². The summed E-state index contributed by atoms with van der Waals surface area (Å²) in [5.41, 5.74) is 3.62. The Kier molecular flexibility index (Phi) is 5.93. The average molecular weight is 525 g/mol. The highest BCUT2D eigenvalue weighted by Gasteiger charge is 2.87. The zero-order valence-corrected chi connectivity index (χ0v) is 22.4. The highest BCUT2D eigenvalue weighted by Crippen LogP contribution is 2.93. The zero-order chi connectivity index (χ0) is 26.6. The van der Waals surface area contributed by atoms with Crippen molar-refractivity contribution in [1.29, 1.82) is 5.26 Å². The normalized spacial score (nSPS) is 31.7. The second kappa shape index (κ2) is 9.38. The van der Waals surface area contributed by atoms with Gasteiger partial charge in [0, 0.05) is 44.7 Å². The summed E-state index contributed by atoms with van der Waals surface area (Å²) >= 11 is 0. The monoisotopic (exact) mass is 524 g/mol. The molecule has 4 aliphatic carbocycles. The summed E-state index contributed by atoms with van der Waals surface area (Å²) < 4.78 is 6.12. The molecule has 7 nitrogen and oxygen atoms in total. The Morgan fingerprint density at radius 1 is 0.974 bits per heavy atom. The van der Waals surface area contributed by atoms with E-state index in [4.69, 9.17) is 10.00 Å². The van der Waals surface area contributed by atoms with Gasteiger partial charge in [-0.2, -0.15) is 5.26 Å². The van der Waals surface area contributed by atoms with E-state index < -0.39 is 0 Å². The summed E-state index contributed by atoms with van der Waals surface area (Å²) in [4.78, 5) is 29.8. The van der Waals surface area contributed by atoms with Crippen LogP contribution in [0.5, 0.6) is 5.75 Å². The van der Waals surface area contributed by atoms with E-state index >= 15 is 0 Å². The van der Waals surface area contributed by atoms with Crippen molar-refractivity contribution in [1.82, 2.24) is 15.1 Å². The molecule has 4 saturated carbocycles. The van der Waals surface area contributed by atoms with Crippen molar-refractivity contribution >= 4 is 11.8 Å². The van der Waals surface area contributed by atoms with E-state index in [-0.39, 0.29) is 23.8 Å². The third kappa shape index (κ3) is 3.87. The lowest BCUT2D eigenvalue weighted by atomic mass is 9.13. The Morgan fingerprint density at radius 3 is 2.36 bits per heavy atom. The Morgan fingerprint density at radius 2 is 1.69 bits per heavy atom. The number of carbonyl (C=O) groups is 2. The number of nitrogens with zero attached hydrogens (tertiary/aromatic N) is 3. The van der Waals surface area contributed by atoms with Gasteiger partial charge in [-0.3, -0.25) is 14.5 Å². The fourth-order valence-electron chi connectivity index (χ4n) is 9.13. The predicted octanol–water partition coefficient (Wildman–Crippen LogP) is 3.72. The molecule has 5 aliphatic rings. The molecule has 1 N–H and O–H groups in total. The van der Waals surface area contributed by atoms with Crippen molar-refractivity contribution in [3.05, 3.63) is 65.2 Å². The largest absolute Gasteiger partial charge is 0.489 e.